The fourth-order valence-corrected chi connectivity index (χ4v) is 0.671. The summed E-state index contributed by atoms with van der Waals surface area (Å²) in [6.45, 7) is 0. The quantitative estimate of drug-likeness (QED) is 0.418. The molecule has 3 N–H and O–H groups in total. The maximum absolute atomic E-state index is 10.1. The van der Waals surface area contributed by atoms with Crippen molar-refractivity contribution < 1.29 is 13.6 Å². The van der Waals surface area contributed by atoms with Crippen LogP contribution in [0.15, 0.2) is 0 Å². The van der Waals surface area contributed by atoms with E-state index in [9.17, 15) is 9.00 Å². The molecule has 5 heteroatoms. The normalized spacial score (nSPS) is 16.7. The Labute approximate surface area is 55.7 Å². The van der Waals surface area contributed by atoms with E-state index < -0.39 is 16.5 Å². The zero-order valence-corrected chi connectivity index (χ0v) is 5.63. The standard InChI is InChI=1S/C4H9NO3S/c5-4(9(7)8)2-1-3-6/h3-4H,1-2,5H2,(H,7,8). The Kier molecular flexibility index (Phi) is 4.47. The molecule has 0 aromatic carbocycles. The molecule has 9 heavy (non-hydrogen) atoms. The maximum Gasteiger partial charge on any atom is 0.170 e. The van der Waals surface area contributed by atoms with Gasteiger partial charge < -0.3 is 15.1 Å². The SMILES string of the molecule is NC(CCC=O)S(=O)O. The highest BCUT2D eigenvalue weighted by molar-refractivity contribution is 7.79. The molecule has 0 saturated heterocycles. The van der Waals surface area contributed by atoms with Crippen LogP contribution in [-0.2, 0) is 15.9 Å². The molecule has 0 aromatic rings. The summed E-state index contributed by atoms with van der Waals surface area (Å²) in [5.41, 5.74) is 5.09. The number of carbonyl (C=O) groups is 1. The molecule has 0 heterocycles. The van der Waals surface area contributed by atoms with E-state index in [1.165, 1.54) is 0 Å². The van der Waals surface area contributed by atoms with Crippen molar-refractivity contribution in [3.05, 3.63) is 0 Å². The van der Waals surface area contributed by atoms with Crippen LogP contribution < -0.4 is 5.73 Å². The predicted molar refractivity (Wildman–Crippen MR) is 34.0 cm³/mol. The first kappa shape index (κ1) is 8.74. The highest BCUT2D eigenvalue weighted by Crippen LogP contribution is 1.93. The van der Waals surface area contributed by atoms with Gasteiger partial charge in [0.2, 0.25) is 0 Å². The van der Waals surface area contributed by atoms with Gasteiger partial charge in [-0.2, -0.15) is 0 Å². The largest absolute Gasteiger partial charge is 0.315 e. The van der Waals surface area contributed by atoms with Crippen molar-refractivity contribution in [1.29, 1.82) is 0 Å². The van der Waals surface area contributed by atoms with Crippen LogP contribution in [0.3, 0.4) is 0 Å². The minimum Gasteiger partial charge on any atom is -0.315 e. The second kappa shape index (κ2) is 4.60. The molecular formula is C4H9NO3S. The van der Waals surface area contributed by atoms with E-state index in [1.807, 2.05) is 0 Å². The Morgan fingerprint density at radius 2 is 2.33 bits per heavy atom. The number of nitrogens with two attached hydrogens (primary N) is 1. The average Bonchev–Trinajstić information content (AvgIpc) is 1.82. The molecule has 0 bridgehead atoms. The van der Waals surface area contributed by atoms with Crippen LogP contribution in [0.5, 0.6) is 0 Å². The molecule has 0 radical (unpaired) electrons. The summed E-state index contributed by atoms with van der Waals surface area (Å²) < 4.78 is 18.4. The lowest BCUT2D eigenvalue weighted by atomic mass is 10.3. The van der Waals surface area contributed by atoms with Crippen molar-refractivity contribution in [2.75, 3.05) is 0 Å². The van der Waals surface area contributed by atoms with Crippen molar-refractivity contribution in [2.45, 2.75) is 18.2 Å². The first-order valence-electron chi connectivity index (χ1n) is 2.47. The summed E-state index contributed by atoms with van der Waals surface area (Å²) in [6, 6.07) is 0. The second-order valence-electron chi connectivity index (χ2n) is 1.56. The Bertz CT molecular complexity index is 116. The first-order valence-corrected chi connectivity index (χ1v) is 3.64. The van der Waals surface area contributed by atoms with E-state index in [0.29, 0.717) is 6.29 Å². The van der Waals surface area contributed by atoms with E-state index in [0.717, 1.165) is 0 Å². The van der Waals surface area contributed by atoms with E-state index >= 15 is 0 Å². The van der Waals surface area contributed by atoms with Crippen molar-refractivity contribution in [3.8, 4) is 0 Å². The third-order valence-corrected chi connectivity index (χ3v) is 1.58. The van der Waals surface area contributed by atoms with Crippen LogP contribution in [0.2, 0.25) is 0 Å². The predicted octanol–water partition coefficient (Wildman–Crippen LogP) is -0.528. The average molecular weight is 151 g/mol. The molecule has 4 nitrogen and oxygen atoms in total. The van der Waals surface area contributed by atoms with Crippen LogP contribution in [0, 0.1) is 0 Å². The molecule has 0 spiro atoms. The maximum atomic E-state index is 10.1. The molecule has 0 aliphatic carbocycles. The van der Waals surface area contributed by atoms with Gasteiger partial charge >= 0.3 is 0 Å². The number of rotatable bonds is 4. The van der Waals surface area contributed by atoms with Crippen molar-refractivity contribution in [2.24, 2.45) is 5.73 Å². The van der Waals surface area contributed by atoms with Crippen molar-refractivity contribution in [1.82, 2.24) is 0 Å². The lowest BCUT2D eigenvalue weighted by molar-refractivity contribution is -0.107. The zero-order valence-electron chi connectivity index (χ0n) is 4.82. The minimum absolute atomic E-state index is 0.244. The number of hydrogen-bond donors (Lipinski definition) is 2. The number of carbonyl (C=O) groups excluding carboxylic acids is 1. The van der Waals surface area contributed by atoms with Gasteiger partial charge in [-0.05, 0) is 6.42 Å². The smallest absolute Gasteiger partial charge is 0.170 e. The summed E-state index contributed by atoms with van der Waals surface area (Å²) >= 11 is -1.99. The first-order chi connectivity index (χ1) is 4.18. The summed E-state index contributed by atoms with van der Waals surface area (Å²) in [4.78, 5) is 9.70. The summed E-state index contributed by atoms with van der Waals surface area (Å²) in [7, 11) is 0. The molecule has 0 saturated carbocycles. The fraction of sp³-hybridized carbons (Fsp3) is 0.750. The van der Waals surface area contributed by atoms with Gasteiger partial charge in [-0.1, -0.05) is 0 Å². The Hall–Kier alpha value is -0.260. The molecular weight excluding hydrogens is 142 g/mol. The highest BCUT2D eigenvalue weighted by Gasteiger charge is 2.06. The summed E-state index contributed by atoms with van der Waals surface area (Å²) in [5, 5.41) is -0.782. The van der Waals surface area contributed by atoms with Gasteiger partial charge in [0, 0.05) is 6.42 Å². The van der Waals surface area contributed by atoms with Crippen molar-refractivity contribution in [3.63, 3.8) is 0 Å². The van der Waals surface area contributed by atoms with Gasteiger partial charge in [0.15, 0.2) is 11.1 Å². The van der Waals surface area contributed by atoms with Gasteiger partial charge in [-0.15, -0.1) is 0 Å². The lowest BCUT2D eigenvalue weighted by Crippen LogP contribution is -2.24. The van der Waals surface area contributed by atoms with E-state index in [2.05, 4.69) is 0 Å². The van der Waals surface area contributed by atoms with Crippen LogP contribution >= 0.6 is 0 Å². The molecule has 54 valence electrons. The third-order valence-electron chi connectivity index (χ3n) is 0.828. The lowest BCUT2D eigenvalue weighted by Gasteiger charge is -2.01. The van der Waals surface area contributed by atoms with Gasteiger partial charge in [-0.25, -0.2) is 4.21 Å². The summed E-state index contributed by atoms with van der Waals surface area (Å²) in [6.07, 6.45) is 1.19. The molecule has 2 atom stereocenters. The summed E-state index contributed by atoms with van der Waals surface area (Å²) in [5.74, 6) is 0. The van der Waals surface area contributed by atoms with Gasteiger partial charge in [0.05, 0.1) is 0 Å². The Balaban J connectivity index is 3.37. The molecule has 0 aliphatic heterocycles. The van der Waals surface area contributed by atoms with Crippen LogP contribution in [0.25, 0.3) is 0 Å². The molecule has 0 fully saturated rings. The van der Waals surface area contributed by atoms with Crippen LogP contribution in [0.1, 0.15) is 12.8 Å². The zero-order chi connectivity index (χ0) is 7.28. The minimum atomic E-state index is -1.99. The van der Waals surface area contributed by atoms with Crippen LogP contribution in [-0.4, -0.2) is 20.4 Å². The molecule has 2 unspecified atom stereocenters. The van der Waals surface area contributed by atoms with Gasteiger partial charge in [0.25, 0.3) is 0 Å². The van der Waals surface area contributed by atoms with E-state index in [1.54, 1.807) is 0 Å². The Morgan fingerprint density at radius 1 is 1.78 bits per heavy atom. The highest BCUT2D eigenvalue weighted by atomic mass is 32.2. The van der Waals surface area contributed by atoms with Crippen LogP contribution in [0.4, 0.5) is 0 Å². The molecule has 0 rings (SSSR count). The second-order valence-corrected chi connectivity index (χ2v) is 2.72. The molecule has 0 aromatic heterocycles. The van der Waals surface area contributed by atoms with E-state index in [4.69, 9.17) is 10.3 Å². The van der Waals surface area contributed by atoms with Gasteiger partial charge in [-0.3, -0.25) is 0 Å². The molecule has 0 amide bonds. The number of hydrogen-bond acceptors (Lipinski definition) is 3. The topological polar surface area (TPSA) is 80.4 Å². The Morgan fingerprint density at radius 3 is 2.67 bits per heavy atom. The monoisotopic (exact) mass is 151 g/mol. The van der Waals surface area contributed by atoms with Gasteiger partial charge in [0.1, 0.15) is 11.7 Å². The molecule has 0 aliphatic rings. The third kappa shape index (κ3) is 4.26. The number of aldehydes is 1. The van der Waals surface area contributed by atoms with Crippen molar-refractivity contribution >= 4 is 17.4 Å². The fourth-order valence-electron chi connectivity index (χ4n) is 0.333. The van der Waals surface area contributed by atoms with E-state index in [-0.39, 0.29) is 12.8 Å².